The van der Waals surface area contributed by atoms with Crippen LogP contribution in [0, 0.1) is 6.92 Å². The molecule has 3 aromatic rings. The Morgan fingerprint density at radius 2 is 2.05 bits per heavy atom. The Morgan fingerprint density at radius 1 is 1.19 bits per heavy atom. The van der Waals surface area contributed by atoms with Gasteiger partial charge in [0, 0.05) is 10.7 Å². The molecule has 106 valence electrons. The van der Waals surface area contributed by atoms with Crippen LogP contribution in [-0.4, -0.2) is 11.0 Å². The molecule has 21 heavy (non-hydrogen) atoms. The molecule has 1 heterocycles. The first-order chi connectivity index (χ1) is 10.1. The largest absolute Gasteiger partial charge is 0.325 e. The van der Waals surface area contributed by atoms with Gasteiger partial charge in [0.2, 0.25) is 0 Å². The normalized spacial score (nSPS) is 10.6. The number of thiazole rings is 1. The number of nitrogens with one attached hydrogen (secondary N) is 2. The summed E-state index contributed by atoms with van der Waals surface area (Å²) in [5.74, 6) is 0. The van der Waals surface area contributed by atoms with Gasteiger partial charge in [-0.1, -0.05) is 35.1 Å². The fourth-order valence-corrected chi connectivity index (χ4v) is 3.07. The molecule has 0 atom stereocenters. The Kier molecular flexibility index (Phi) is 3.77. The molecule has 0 bridgehead atoms. The number of anilines is 2. The third kappa shape index (κ3) is 3.32. The molecule has 0 radical (unpaired) electrons. The number of halogens is 1. The number of rotatable bonds is 2. The van der Waals surface area contributed by atoms with Gasteiger partial charge in [0.1, 0.15) is 0 Å². The molecule has 0 aliphatic carbocycles. The van der Waals surface area contributed by atoms with Crippen LogP contribution in [0.25, 0.3) is 10.2 Å². The predicted molar refractivity (Wildman–Crippen MR) is 88.5 cm³/mol. The van der Waals surface area contributed by atoms with Crippen molar-refractivity contribution in [2.75, 3.05) is 10.6 Å². The van der Waals surface area contributed by atoms with E-state index in [1.807, 2.05) is 43.3 Å². The number of urea groups is 1. The SMILES string of the molecule is Cc1cccc(NC(=O)Nc2nc3ccc(Cl)cc3s2)c1. The standard InChI is InChI=1S/C15H12ClN3OS/c1-9-3-2-4-11(7-9)17-14(20)19-15-18-12-6-5-10(16)8-13(12)21-15/h2-8H,1H3,(H2,17,18,19,20). The van der Waals surface area contributed by atoms with E-state index in [0.29, 0.717) is 10.2 Å². The fourth-order valence-electron chi connectivity index (χ4n) is 1.93. The number of aromatic nitrogens is 1. The Balaban J connectivity index is 1.74. The maximum atomic E-state index is 12.0. The van der Waals surface area contributed by atoms with E-state index >= 15 is 0 Å². The Hall–Kier alpha value is -2.11. The molecule has 6 heteroatoms. The minimum Gasteiger partial charge on any atom is -0.308 e. The van der Waals surface area contributed by atoms with Crippen LogP contribution in [0.3, 0.4) is 0 Å². The minimum atomic E-state index is -0.314. The molecule has 0 unspecified atom stereocenters. The first-order valence-corrected chi connectivity index (χ1v) is 7.50. The molecular weight excluding hydrogens is 306 g/mol. The summed E-state index contributed by atoms with van der Waals surface area (Å²) in [7, 11) is 0. The first-order valence-electron chi connectivity index (χ1n) is 6.31. The van der Waals surface area contributed by atoms with Crippen LogP contribution in [-0.2, 0) is 0 Å². The lowest BCUT2D eigenvalue weighted by Gasteiger charge is -2.05. The number of carbonyl (C=O) groups is 1. The molecular formula is C15H12ClN3OS. The zero-order chi connectivity index (χ0) is 14.8. The average Bonchev–Trinajstić information content (AvgIpc) is 2.79. The second kappa shape index (κ2) is 5.71. The number of benzene rings is 2. The summed E-state index contributed by atoms with van der Waals surface area (Å²) in [6.07, 6.45) is 0. The molecule has 0 saturated carbocycles. The second-order valence-electron chi connectivity index (χ2n) is 4.58. The van der Waals surface area contributed by atoms with Crippen LogP contribution in [0.4, 0.5) is 15.6 Å². The van der Waals surface area contributed by atoms with Crippen LogP contribution in [0.1, 0.15) is 5.56 Å². The number of fused-ring (bicyclic) bond motifs is 1. The van der Waals surface area contributed by atoms with Gasteiger partial charge in [0.05, 0.1) is 10.2 Å². The average molecular weight is 318 g/mol. The number of carbonyl (C=O) groups excluding carboxylic acids is 1. The van der Waals surface area contributed by atoms with Crippen molar-refractivity contribution in [1.82, 2.24) is 4.98 Å². The highest BCUT2D eigenvalue weighted by Crippen LogP contribution is 2.28. The smallest absolute Gasteiger partial charge is 0.308 e. The zero-order valence-electron chi connectivity index (χ0n) is 11.2. The highest BCUT2D eigenvalue weighted by molar-refractivity contribution is 7.22. The number of amides is 2. The maximum Gasteiger partial charge on any atom is 0.325 e. The van der Waals surface area contributed by atoms with Crippen molar-refractivity contribution in [1.29, 1.82) is 0 Å². The van der Waals surface area contributed by atoms with Gasteiger partial charge in [-0.2, -0.15) is 0 Å². The number of nitrogens with zero attached hydrogens (tertiary/aromatic N) is 1. The maximum absolute atomic E-state index is 12.0. The quantitative estimate of drug-likeness (QED) is 0.706. The van der Waals surface area contributed by atoms with Gasteiger partial charge < -0.3 is 5.32 Å². The van der Waals surface area contributed by atoms with Gasteiger partial charge in [-0.15, -0.1) is 0 Å². The van der Waals surface area contributed by atoms with Crippen molar-refractivity contribution < 1.29 is 4.79 Å². The predicted octanol–water partition coefficient (Wildman–Crippen LogP) is 4.90. The summed E-state index contributed by atoms with van der Waals surface area (Å²) in [6, 6.07) is 12.7. The van der Waals surface area contributed by atoms with E-state index < -0.39 is 0 Å². The summed E-state index contributed by atoms with van der Waals surface area (Å²) in [5, 5.41) is 6.70. The lowest BCUT2D eigenvalue weighted by Crippen LogP contribution is -2.19. The third-order valence-corrected chi connectivity index (χ3v) is 4.02. The van der Waals surface area contributed by atoms with Crippen molar-refractivity contribution in [3.8, 4) is 0 Å². The van der Waals surface area contributed by atoms with E-state index in [4.69, 9.17) is 11.6 Å². The molecule has 4 nitrogen and oxygen atoms in total. The van der Waals surface area contributed by atoms with E-state index in [2.05, 4.69) is 15.6 Å². The van der Waals surface area contributed by atoms with Crippen molar-refractivity contribution in [3.63, 3.8) is 0 Å². The van der Waals surface area contributed by atoms with Crippen molar-refractivity contribution in [2.24, 2.45) is 0 Å². The summed E-state index contributed by atoms with van der Waals surface area (Å²) < 4.78 is 0.938. The first kappa shape index (κ1) is 13.9. The van der Waals surface area contributed by atoms with Crippen LogP contribution in [0.15, 0.2) is 42.5 Å². The molecule has 2 amide bonds. The van der Waals surface area contributed by atoms with Crippen molar-refractivity contribution in [3.05, 3.63) is 53.1 Å². The van der Waals surface area contributed by atoms with Gasteiger partial charge in [-0.25, -0.2) is 9.78 Å². The lowest BCUT2D eigenvalue weighted by atomic mass is 10.2. The van der Waals surface area contributed by atoms with E-state index in [0.717, 1.165) is 21.5 Å². The van der Waals surface area contributed by atoms with E-state index in [1.165, 1.54) is 11.3 Å². The van der Waals surface area contributed by atoms with Gasteiger partial charge >= 0.3 is 6.03 Å². The minimum absolute atomic E-state index is 0.314. The number of hydrogen-bond donors (Lipinski definition) is 2. The van der Waals surface area contributed by atoms with E-state index in [9.17, 15) is 4.79 Å². The van der Waals surface area contributed by atoms with E-state index in [-0.39, 0.29) is 6.03 Å². The van der Waals surface area contributed by atoms with Crippen molar-refractivity contribution >= 4 is 50.0 Å². The van der Waals surface area contributed by atoms with Gasteiger partial charge in [0.15, 0.2) is 5.13 Å². The van der Waals surface area contributed by atoms with Crippen LogP contribution in [0.2, 0.25) is 5.02 Å². The molecule has 0 saturated heterocycles. The highest BCUT2D eigenvalue weighted by Gasteiger charge is 2.08. The highest BCUT2D eigenvalue weighted by atomic mass is 35.5. The van der Waals surface area contributed by atoms with Crippen LogP contribution in [0.5, 0.6) is 0 Å². The molecule has 0 aliphatic heterocycles. The van der Waals surface area contributed by atoms with Crippen LogP contribution >= 0.6 is 22.9 Å². The Bertz CT molecular complexity index is 816. The molecule has 0 fully saturated rings. The second-order valence-corrected chi connectivity index (χ2v) is 6.05. The van der Waals surface area contributed by atoms with Gasteiger partial charge in [-0.3, -0.25) is 5.32 Å². The van der Waals surface area contributed by atoms with E-state index in [1.54, 1.807) is 6.07 Å². The zero-order valence-corrected chi connectivity index (χ0v) is 12.8. The number of aryl methyl sites for hydroxylation is 1. The van der Waals surface area contributed by atoms with Gasteiger partial charge in [0.25, 0.3) is 0 Å². The van der Waals surface area contributed by atoms with Crippen LogP contribution < -0.4 is 10.6 Å². The summed E-state index contributed by atoms with van der Waals surface area (Å²) in [5.41, 5.74) is 2.65. The summed E-state index contributed by atoms with van der Waals surface area (Å²) in [4.78, 5) is 16.3. The molecule has 2 aromatic carbocycles. The fraction of sp³-hybridized carbons (Fsp3) is 0.0667. The van der Waals surface area contributed by atoms with Crippen molar-refractivity contribution in [2.45, 2.75) is 6.92 Å². The number of hydrogen-bond acceptors (Lipinski definition) is 3. The molecule has 2 N–H and O–H groups in total. The molecule has 0 aliphatic rings. The van der Waals surface area contributed by atoms with Gasteiger partial charge in [-0.05, 0) is 42.8 Å². The Morgan fingerprint density at radius 3 is 2.86 bits per heavy atom. The topological polar surface area (TPSA) is 54.0 Å². The summed E-state index contributed by atoms with van der Waals surface area (Å²) in [6.45, 7) is 1.97. The molecule has 3 rings (SSSR count). The lowest BCUT2D eigenvalue weighted by molar-refractivity contribution is 0.262. The monoisotopic (exact) mass is 317 g/mol. The Labute approximate surface area is 130 Å². The summed E-state index contributed by atoms with van der Waals surface area (Å²) >= 11 is 7.32. The molecule has 0 spiro atoms. The molecule has 1 aromatic heterocycles. The third-order valence-electron chi connectivity index (χ3n) is 2.85.